The van der Waals surface area contributed by atoms with Crippen LogP contribution in [0.4, 0.5) is 0 Å². The van der Waals surface area contributed by atoms with E-state index in [-0.39, 0.29) is 11.6 Å². The molecule has 1 heterocycles. The molecule has 0 amide bonds. The van der Waals surface area contributed by atoms with E-state index in [1.165, 1.54) is 6.34 Å². The lowest BCUT2D eigenvalue weighted by molar-refractivity contribution is 0.692. The lowest BCUT2D eigenvalue weighted by Gasteiger charge is -2.19. The average Bonchev–Trinajstić information content (AvgIpc) is 2.87. The molecule has 2 N–H and O–H groups in total. The molecule has 4 aromatic rings. The number of nitrogens with zero attached hydrogens (tertiary/aromatic N) is 2. The van der Waals surface area contributed by atoms with Gasteiger partial charge >= 0.3 is 0 Å². The second kappa shape index (κ2) is 11.8. The molecule has 0 saturated heterocycles. The topological polar surface area (TPSA) is 61.1 Å². The number of pyridine rings is 1. The van der Waals surface area contributed by atoms with Crippen LogP contribution < -0.4 is 10.9 Å². The number of hydrogen-bond acceptors (Lipinski definition) is 3. The van der Waals surface area contributed by atoms with Gasteiger partial charge in [-0.1, -0.05) is 60.1 Å². The molecular formula is C28H28Cl2N4O. The van der Waals surface area contributed by atoms with Crippen molar-refractivity contribution in [2.45, 2.75) is 6.04 Å². The largest absolute Gasteiger partial charge is 0.343 e. The summed E-state index contributed by atoms with van der Waals surface area (Å²) >= 11 is 12.3. The average molecular weight is 507 g/mol. The number of fused-ring (bicyclic) bond motifs is 1. The Kier molecular flexibility index (Phi) is 8.88. The Balaban J connectivity index is 0.000000509. The van der Waals surface area contributed by atoms with E-state index >= 15 is 0 Å². The van der Waals surface area contributed by atoms with Gasteiger partial charge in [0.25, 0.3) is 5.56 Å². The maximum Gasteiger partial charge on any atom is 0.251 e. The van der Waals surface area contributed by atoms with Crippen LogP contribution in [0.5, 0.6) is 0 Å². The fourth-order valence-corrected chi connectivity index (χ4v) is 4.10. The van der Waals surface area contributed by atoms with Crippen molar-refractivity contribution in [2.75, 3.05) is 14.1 Å². The number of nitrogens with one attached hydrogen (secondary N) is 2. The molecule has 5 nitrogen and oxygen atoms in total. The van der Waals surface area contributed by atoms with Crippen LogP contribution in [0.25, 0.3) is 22.0 Å². The number of aromatic nitrogens is 1. The molecule has 4 rings (SSSR count). The highest BCUT2D eigenvalue weighted by atomic mass is 35.5. The van der Waals surface area contributed by atoms with E-state index in [2.05, 4.69) is 24.0 Å². The minimum Gasteiger partial charge on any atom is -0.343 e. The van der Waals surface area contributed by atoms with Crippen molar-refractivity contribution in [3.63, 3.8) is 0 Å². The van der Waals surface area contributed by atoms with Gasteiger partial charge in [0.05, 0.1) is 17.9 Å². The summed E-state index contributed by atoms with van der Waals surface area (Å²) in [7, 11) is 5.48. The SMILES string of the molecule is C=CN(C)C=N.CN[C@H](c1ccc(Cl)cc1)c1ccc2c(c1)c(-c1cccc(Cl)c1)cc(=O)n2C. The van der Waals surface area contributed by atoms with Crippen molar-refractivity contribution in [1.29, 1.82) is 5.41 Å². The van der Waals surface area contributed by atoms with Crippen LogP contribution in [-0.2, 0) is 7.05 Å². The minimum atomic E-state index is -0.0527. The molecule has 35 heavy (non-hydrogen) atoms. The summed E-state index contributed by atoms with van der Waals surface area (Å²) in [5, 5.41) is 12.3. The Bertz CT molecular complexity index is 1390. The third-order valence-electron chi connectivity index (χ3n) is 5.72. The van der Waals surface area contributed by atoms with E-state index in [0.29, 0.717) is 10.0 Å². The summed E-state index contributed by atoms with van der Waals surface area (Å²) in [5.41, 5.74) is 4.84. The molecule has 0 radical (unpaired) electrons. The van der Waals surface area contributed by atoms with E-state index in [4.69, 9.17) is 28.6 Å². The van der Waals surface area contributed by atoms with E-state index < -0.39 is 0 Å². The maximum atomic E-state index is 12.5. The predicted molar refractivity (Wildman–Crippen MR) is 149 cm³/mol. The van der Waals surface area contributed by atoms with Crippen LogP contribution in [0.1, 0.15) is 17.2 Å². The van der Waals surface area contributed by atoms with E-state index in [1.807, 2.05) is 61.6 Å². The summed E-state index contributed by atoms with van der Waals surface area (Å²) in [5.74, 6) is 0. The van der Waals surface area contributed by atoms with Crippen molar-refractivity contribution < 1.29 is 0 Å². The van der Waals surface area contributed by atoms with Crippen LogP contribution >= 0.6 is 23.2 Å². The molecule has 0 aliphatic carbocycles. The third-order valence-corrected chi connectivity index (χ3v) is 6.21. The van der Waals surface area contributed by atoms with E-state index in [0.717, 1.165) is 33.2 Å². The van der Waals surface area contributed by atoms with Crippen molar-refractivity contribution >= 4 is 40.4 Å². The number of rotatable bonds is 6. The molecule has 180 valence electrons. The first-order chi connectivity index (χ1) is 16.8. The summed E-state index contributed by atoms with van der Waals surface area (Å²) in [6.45, 7) is 3.41. The Morgan fingerprint density at radius 3 is 2.26 bits per heavy atom. The molecule has 0 fully saturated rings. The smallest absolute Gasteiger partial charge is 0.251 e. The number of hydrogen-bond donors (Lipinski definition) is 2. The number of benzene rings is 3. The Hall–Kier alpha value is -3.38. The van der Waals surface area contributed by atoms with Crippen molar-refractivity contribution in [1.82, 2.24) is 14.8 Å². The van der Waals surface area contributed by atoms with Crippen LogP contribution in [0.2, 0.25) is 10.0 Å². The molecule has 1 atom stereocenters. The minimum absolute atomic E-state index is 0.00103. The van der Waals surface area contributed by atoms with Gasteiger partial charge in [-0.05, 0) is 71.9 Å². The molecule has 0 spiro atoms. The van der Waals surface area contributed by atoms with E-state index in [1.54, 1.807) is 35.8 Å². The Labute approximate surface area is 215 Å². The van der Waals surface area contributed by atoms with Gasteiger partial charge < -0.3 is 14.8 Å². The van der Waals surface area contributed by atoms with Crippen LogP contribution in [0.3, 0.4) is 0 Å². The molecular weight excluding hydrogens is 479 g/mol. The highest BCUT2D eigenvalue weighted by Crippen LogP contribution is 2.32. The standard InChI is InChI=1S/C24H20Cl2N2O.C4H8N2/c1-27-24(15-6-9-18(25)10-7-15)17-8-11-22-21(13-17)20(14-23(29)28(22)2)16-4-3-5-19(26)12-16;1-3-6(2)4-5/h3-14,24,27H,1-2H3;3-5H,1H2,2H3/t24-;/m1./s1. The van der Waals surface area contributed by atoms with Gasteiger partial charge in [0, 0.05) is 35.6 Å². The summed E-state index contributed by atoms with van der Waals surface area (Å²) < 4.78 is 1.67. The molecule has 0 aliphatic rings. The van der Waals surface area contributed by atoms with Crippen molar-refractivity contribution in [3.05, 3.63) is 117 Å². The molecule has 3 aromatic carbocycles. The zero-order chi connectivity index (χ0) is 25.5. The van der Waals surface area contributed by atoms with Crippen molar-refractivity contribution in [3.8, 4) is 11.1 Å². The first kappa shape index (κ1) is 26.2. The zero-order valence-corrected chi connectivity index (χ0v) is 21.4. The fraction of sp³-hybridized carbons (Fsp3) is 0.143. The molecule has 1 aromatic heterocycles. The lowest BCUT2D eigenvalue weighted by Crippen LogP contribution is -2.19. The fourth-order valence-electron chi connectivity index (χ4n) is 3.79. The van der Waals surface area contributed by atoms with Gasteiger partial charge in [-0.2, -0.15) is 0 Å². The van der Waals surface area contributed by atoms with Gasteiger partial charge in [0.2, 0.25) is 0 Å². The molecule has 0 saturated carbocycles. The van der Waals surface area contributed by atoms with Gasteiger partial charge in [0.15, 0.2) is 0 Å². The highest BCUT2D eigenvalue weighted by molar-refractivity contribution is 6.31. The second-order valence-corrected chi connectivity index (χ2v) is 8.87. The van der Waals surface area contributed by atoms with Crippen molar-refractivity contribution in [2.24, 2.45) is 7.05 Å². The van der Waals surface area contributed by atoms with E-state index in [9.17, 15) is 4.79 Å². The number of aryl methyl sites for hydroxylation is 1. The Morgan fingerprint density at radius 2 is 1.69 bits per heavy atom. The molecule has 0 unspecified atom stereocenters. The Morgan fingerprint density at radius 1 is 1.00 bits per heavy atom. The highest BCUT2D eigenvalue weighted by Gasteiger charge is 2.15. The predicted octanol–water partition coefficient (Wildman–Crippen LogP) is 6.49. The van der Waals surface area contributed by atoms with Crippen LogP contribution in [0, 0.1) is 5.41 Å². The quantitative estimate of drug-likeness (QED) is 0.232. The first-order valence-electron chi connectivity index (χ1n) is 11.0. The van der Waals surface area contributed by atoms with Crippen LogP contribution in [-0.4, -0.2) is 29.9 Å². The summed E-state index contributed by atoms with van der Waals surface area (Å²) in [4.78, 5) is 14.1. The molecule has 7 heteroatoms. The zero-order valence-electron chi connectivity index (χ0n) is 19.9. The molecule has 0 aliphatic heterocycles. The summed E-state index contributed by atoms with van der Waals surface area (Å²) in [6, 6.07) is 23.3. The van der Waals surface area contributed by atoms with Gasteiger partial charge in [-0.25, -0.2) is 0 Å². The molecule has 0 bridgehead atoms. The first-order valence-corrected chi connectivity index (χ1v) is 11.7. The number of halogens is 2. The normalized spacial score (nSPS) is 11.3. The second-order valence-electron chi connectivity index (χ2n) is 7.99. The third kappa shape index (κ3) is 6.20. The lowest BCUT2D eigenvalue weighted by atomic mass is 9.94. The summed E-state index contributed by atoms with van der Waals surface area (Å²) in [6.07, 6.45) is 2.75. The monoisotopic (exact) mass is 506 g/mol. The van der Waals surface area contributed by atoms with Gasteiger partial charge in [-0.15, -0.1) is 0 Å². The maximum absolute atomic E-state index is 12.5. The van der Waals surface area contributed by atoms with Gasteiger partial charge in [0.1, 0.15) is 0 Å². The van der Waals surface area contributed by atoms with Gasteiger partial charge in [-0.3, -0.25) is 10.2 Å². The van der Waals surface area contributed by atoms with Crippen LogP contribution in [0.15, 0.2) is 90.4 Å².